The lowest BCUT2D eigenvalue weighted by Crippen LogP contribution is -2.30. The van der Waals surface area contributed by atoms with Crippen molar-refractivity contribution < 1.29 is 17.9 Å². The fourth-order valence-electron chi connectivity index (χ4n) is 2.79. The zero-order valence-electron chi connectivity index (χ0n) is 17.5. The number of benzene rings is 2. The van der Waals surface area contributed by atoms with Gasteiger partial charge >= 0.3 is 0 Å². The average Bonchev–Trinajstić information content (AvgIpc) is 2.74. The Morgan fingerprint density at radius 3 is 2.48 bits per heavy atom. The molecule has 1 aromatic heterocycles. The van der Waals surface area contributed by atoms with Crippen LogP contribution in [0.15, 0.2) is 65.7 Å². The summed E-state index contributed by atoms with van der Waals surface area (Å²) >= 11 is 0. The molecule has 3 rings (SSSR count). The van der Waals surface area contributed by atoms with Crippen molar-refractivity contribution in [3.8, 4) is 5.75 Å². The van der Waals surface area contributed by atoms with Gasteiger partial charge in [-0.05, 0) is 62.2 Å². The summed E-state index contributed by atoms with van der Waals surface area (Å²) in [6.45, 7) is 5.41. The van der Waals surface area contributed by atoms with Gasteiger partial charge in [0.05, 0.1) is 4.90 Å². The molecule has 0 aliphatic carbocycles. The van der Waals surface area contributed by atoms with Crippen LogP contribution < -0.4 is 14.8 Å². The molecule has 0 aliphatic heterocycles. The van der Waals surface area contributed by atoms with E-state index >= 15 is 0 Å². The summed E-state index contributed by atoms with van der Waals surface area (Å²) in [5, 5.41) is 2.73. The molecule has 0 saturated heterocycles. The highest BCUT2D eigenvalue weighted by molar-refractivity contribution is 7.92. The van der Waals surface area contributed by atoms with E-state index in [0.29, 0.717) is 17.1 Å². The number of sulfonamides is 1. The third-order valence-electron chi connectivity index (χ3n) is 4.48. The van der Waals surface area contributed by atoms with E-state index in [-0.39, 0.29) is 16.8 Å². The number of nitrogens with zero attached hydrogens (tertiary/aromatic N) is 2. The lowest BCUT2D eigenvalue weighted by Gasteiger charge is -2.17. The van der Waals surface area contributed by atoms with E-state index in [2.05, 4.69) is 20.0 Å². The Morgan fingerprint density at radius 2 is 1.81 bits per heavy atom. The number of anilines is 2. The number of para-hydroxylation sites is 1. The Bertz CT molecular complexity index is 1160. The van der Waals surface area contributed by atoms with E-state index in [4.69, 9.17) is 4.74 Å². The number of rotatable bonds is 8. The minimum atomic E-state index is -3.85. The number of hydrogen-bond acceptors (Lipinski definition) is 6. The van der Waals surface area contributed by atoms with Crippen LogP contribution >= 0.6 is 0 Å². The fraction of sp³-hybridized carbons (Fsp3) is 0.227. The summed E-state index contributed by atoms with van der Waals surface area (Å²) in [4.78, 5) is 20.4. The smallest absolute Gasteiger partial charge is 0.265 e. The summed E-state index contributed by atoms with van der Waals surface area (Å²) < 4.78 is 33.2. The van der Waals surface area contributed by atoms with E-state index in [0.717, 1.165) is 12.0 Å². The number of ether oxygens (including phenoxy) is 1. The predicted molar refractivity (Wildman–Crippen MR) is 119 cm³/mol. The molecule has 1 amide bonds. The van der Waals surface area contributed by atoms with Gasteiger partial charge in [-0.3, -0.25) is 4.79 Å². The Balaban J connectivity index is 1.65. The molecule has 0 fully saturated rings. The highest BCUT2D eigenvalue weighted by Crippen LogP contribution is 2.21. The molecule has 0 bridgehead atoms. The molecular formula is C22H24N4O4S. The number of hydrogen-bond donors (Lipinski definition) is 2. The summed E-state index contributed by atoms with van der Waals surface area (Å²) in [7, 11) is -3.85. The van der Waals surface area contributed by atoms with Crippen LogP contribution in [0, 0.1) is 6.92 Å². The Labute approximate surface area is 181 Å². The number of aryl methyl sites for hydroxylation is 2. The highest BCUT2D eigenvalue weighted by Gasteiger charge is 2.18. The predicted octanol–water partition coefficient (Wildman–Crippen LogP) is 3.55. The molecule has 162 valence electrons. The van der Waals surface area contributed by atoms with Crippen LogP contribution in [-0.2, 0) is 21.2 Å². The van der Waals surface area contributed by atoms with Crippen molar-refractivity contribution in [1.29, 1.82) is 0 Å². The molecule has 1 atom stereocenters. The number of nitrogens with one attached hydrogen (secondary N) is 2. The van der Waals surface area contributed by atoms with Crippen LogP contribution in [-0.4, -0.2) is 30.4 Å². The van der Waals surface area contributed by atoms with Crippen molar-refractivity contribution in [3.05, 3.63) is 72.1 Å². The average molecular weight is 441 g/mol. The summed E-state index contributed by atoms with van der Waals surface area (Å²) in [5.74, 6) is 0.321. The largest absolute Gasteiger partial charge is 0.481 e. The number of aromatic nitrogens is 2. The first-order valence-electron chi connectivity index (χ1n) is 9.76. The van der Waals surface area contributed by atoms with Gasteiger partial charge in [0, 0.05) is 17.6 Å². The molecule has 0 radical (unpaired) electrons. The van der Waals surface area contributed by atoms with Crippen LogP contribution in [0.1, 0.15) is 25.1 Å². The maximum atomic E-state index is 12.5. The van der Waals surface area contributed by atoms with Crippen LogP contribution in [0.4, 0.5) is 11.6 Å². The summed E-state index contributed by atoms with van der Waals surface area (Å²) in [6.07, 6.45) is 1.54. The van der Waals surface area contributed by atoms with Crippen molar-refractivity contribution >= 4 is 27.6 Å². The van der Waals surface area contributed by atoms with E-state index in [1.807, 2.05) is 31.2 Å². The Hall–Kier alpha value is -3.46. The Kier molecular flexibility index (Phi) is 6.86. The van der Waals surface area contributed by atoms with Gasteiger partial charge in [0.25, 0.3) is 15.9 Å². The lowest BCUT2D eigenvalue weighted by atomic mass is 10.1. The first-order chi connectivity index (χ1) is 14.8. The topological polar surface area (TPSA) is 110 Å². The van der Waals surface area contributed by atoms with E-state index in [9.17, 15) is 13.2 Å². The van der Waals surface area contributed by atoms with Crippen LogP contribution in [0.2, 0.25) is 0 Å². The third-order valence-corrected chi connectivity index (χ3v) is 5.82. The fourth-order valence-corrected chi connectivity index (χ4v) is 3.74. The zero-order chi connectivity index (χ0) is 22.4. The summed E-state index contributed by atoms with van der Waals surface area (Å²) in [6, 6.07) is 15.0. The standard InChI is InChI=1S/C22H24N4O4S/c1-4-17-7-5-6-8-20(17)30-16(3)21(27)25-18-9-11-19(12-10-18)31(28,29)26-22-23-14-13-15(2)24-22/h5-14,16H,4H2,1-3H3,(H,25,27)(H,23,24,26)/t16-/m0/s1. The van der Waals surface area contributed by atoms with Crippen molar-refractivity contribution in [2.24, 2.45) is 0 Å². The van der Waals surface area contributed by atoms with Gasteiger partial charge in [0.1, 0.15) is 5.75 Å². The SMILES string of the molecule is CCc1ccccc1O[C@@H](C)C(=O)Nc1ccc(S(=O)(=O)Nc2nccc(C)n2)cc1. The van der Waals surface area contributed by atoms with Gasteiger partial charge in [-0.1, -0.05) is 25.1 Å². The molecule has 0 spiro atoms. The molecule has 0 aliphatic rings. The van der Waals surface area contributed by atoms with Crippen molar-refractivity contribution in [2.75, 3.05) is 10.0 Å². The van der Waals surface area contributed by atoms with Crippen molar-refractivity contribution in [3.63, 3.8) is 0 Å². The quantitative estimate of drug-likeness (QED) is 0.554. The van der Waals surface area contributed by atoms with Crippen molar-refractivity contribution in [2.45, 2.75) is 38.2 Å². The minimum absolute atomic E-state index is 0.00397. The molecule has 9 heteroatoms. The minimum Gasteiger partial charge on any atom is -0.481 e. The molecule has 1 heterocycles. The molecule has 0 unspecified atom stereocenters. The van der Waals surface area contributed by atoms with Crippen molar-refractivity contribution in [1.82, 2.24) is 9.97 Å². The Morgan fingerprint density at radius 1 is 1.10 bits per heavy atom. The first-order valence-corrected chi connectivity index (χ1v) is 11.2. The molecule has 0 saturated carbocycles. The number of carbonyl (C=O) groups excluding carboxylic acids is 1. The highest BCUT2D eigenvalue weighted by atomic mass is 32.2. The van der Waals surface area contributed by atoms with Crippen LogP contribution in [0.25, 0.3) is 0 Å². The number of carbonyl (C=O) groups is 1. The lowest BCUT2D eigenvalue weighted by molar-refractivity contribution is -0.122. The van der Waals surface area contributed by atoms with Crippen LogP contribution in [0.3, 0.4) is 0 Å². The van der Waals surface area contributed by atoms with Gasteiger partial charge in [-0.25, -0.2) is 23.1 Å². The molecule has 31 heavy (non-hydrogen) atoms. The maximum Gasteiger partial charge on any atom is 0.265 e. The van der Waals surface area contributed by atoms with Gasteiger partial charge in [-0.2, -0.15) is 0 Å². The first kappa shape index (κ1) is 22.2. The summed E-state index contributed by atoms with van der Waals surface area (Å²) in [5.41, 5.74) is 2.11. The van der Waals surface area contributed by atoms with Gasteiger partial charge < -0.3 is 10.1 Å². The van der Waals surface area contributed by atoms with E-state index < -0.39 is 16.1 Å². The van der Waals surface area contributed by atoms with Gasteiger partial charge in [0.2, 0.25) is 5.95 Å². The van der Waals surface area contributed by atoms with Crippen LogP contribution in [0.5, 0.6) is 5.75 Å². The van der Waals surface area contributed by atoms with Gasteiger partial charge in [0.15, 0.2) is 6.10 Å². The number of amides is 1. The van der Waals surface area contributed by atoms with E-state index in [1.54, 1.807) is 19.9 Å². The zero-order valence-corrected chi connectivity index (χ0v) is 18.3. The molecule has 8 nitrogen and oxygen atoms in total. The molecular weight excluding hydrogens is 416 g/mol. The monoisotopic (exact) mass is 440 g/mol. The molecule has 2 aromatic carbocycles. The molecule has 3 aromatic rings. The van der Waals surface area contributed by atoms with Gasteiger partial charge in [-0.15, -0.1) is 0 Å². The second-order valence-corrected chi connectivity index (χ2v) is 8.54. The molecule has 2 N–H and O–H groups in total. The van der Waals surface area contributed by atoms with E-state index in [1.165, 1.54) is 30.5 Å². The second-order valence-electron chi connectivity index (χ2n) is 6.86. The second kappa shape index (κ2) is 9.57. The maximum absolute atomic E-state index is 12.5. The third kappa shape index (κ3) is 5.79. The normalized spacial score (nSPS) is 12.1.